The number of nitrogens with one attached hydrogen (secondary N) is 2. The van der Waals surface area contributed by atoms with Crippen molar-refractivity contribution in [1.29, 1.82) is 0 Å². The van der Waals surface area contributed by atoms with E-state index in [9.17, 15) is 4.79 Å². The van der Waals surface area contributed by atoms with Crippen molar-refractivity contribution in [3.05, 3.63) is 24.3 Å². The van der Waals surface area contributed by atoms with Crippen LogP contribution in [-0.2, 0) is 4.74 Å². The van der Waals surface area contributed by atoms with Gasteiger partial charge in [0.15, 0.2) is 0 Å². The second-order valence-corrected chi connectivity index (χ2v) is 10.6. The lowest BCUT2D eigenvalue weighted by molar-refractivity contribution is 0.0488. The molecule has 0 unspecified atom stereocenters. The van der Waals surface area contributed by atoms with E-state index in [0.29, 0.717) is 5.92 Å². The van der Waals surface area contributed by atoms with E-state index in [-0.39, 0.29) is 12.1 Å². The summed E-state index contributed by atoms with van der Waals surface area (Å²) in [6.07, 6.45) is 5.36. The third-order valence-electron chi connectivity index (χ3n) is 6.26. The number of amides is 1. The van der Waals surface area contributed by atoms with Crippen LogP contribution in [0.3, 0.4) is 0 Å². The Morgan fingerprint density at radius 2 is 1.63 bits per heavy atom. The lowest BCUT2D eigenvalue weighted by atomic mass is 9.86. The molecule has 0 bridgehead atoms. The number of hydrogen-bond donors (Lipinski definition) is 2. The fraction of sp³-hybridized carbons (Fsp3) is 0.720. The maximum Gasteiger partial charge on any atom is 0.407 e. The summed E-state index contributed by atoms with van der Waals surface area (Å²) in [5.41, 5.74) is 2.10. The maximum absolute atomic E-state index is 11.9. The van der Waals surface area contributed by atoms with Crippen LogP contribution in [-0.4, -0.2) is 37.4 Å². The van der Waals surface area contributed by atoms with Crippen molar-refractivity contribution in [2.24, 2.45) is 17.8 Å². The summed E-state index contributed by atoms with van der Waals surface area (Å²) >= 11 is 0. The van der Waals surface area contributed by atoms with E-state index in [4.69, 9.17) is 4.74 Å². The first-order valence-electron chi connectivity index (χ1n) is 11.8. The number of nitrogens with zero attached hydrogens (tertiary/aromatic N) is 1. The molecular weight excluding hydrogens is 374 g/mol. The van der Waals surface area contributed by atoms with Crippen molar-refractivity contribution >= 4 is 17.5 Å². The number of carbonyl (C=O) groups excluding carboxylic acids is 1. The van der Waals surface area contributed by atoms with Crippen molar-refractivity contribution < 1.29 is 9.53 Å². The standard InChI is InChI=1S/C25H41N3O2/c1-18-14-19(2)17-28(16-18)23-12-10-21(11-13-23)26-15-20-6-8-22(9-7-20)27-24(29)30-25(3,4)5/h10-13,18-20,22,26H,6-9,14-17H2,1-5H3,(H,27,29)/t18-,19-,20?,22?/m1/s1. The van der Waals surface area contributed by atoms with Crippen molar-refractivity contribution in [2.75, 3.05) is 29.9 Å². The Morgan fingerprint density at radius 1 is 1.03 bits per heavy atom. The predicted molar refractivity (Wildman–Crippen MR) is 125 cm³/mol. The predicted octanol–water partition coefficient (Wildman–Crippen LogP) is 5.66. The second-order valence-electron chi connectivity index (χ2n) is 10.6. The number of alkyl carbamates (subject to hydrolysis) is 1. The number of hydrogen-bond acceptors (Lipinski definition) is 4. The molecule has 2 aliphatic rings. The molecule has 2 N–H and O–H groups in total. The van der Waals surface area contributed by atoms with Gasteiger partial charge in [0.1, 0.15) is 5.60 Å². The fourth-order valence-corrected chi connectivity index (χ4v) is 4.91. The number of rotatable bonds is 5. The van der Waals surface area contributed by atoms with E-state index in [0.717, 1.165) is 57.2 Å². The monoisotopic (exact) mass is 415 g/mol. The van der Waals surface area contributed by atoms with Gasteiger partial charge in [-0.3, -0.25) is 0 Å². The molecular formula is C25H41N3O2. The third-order valence-corrected chi connectivity index (χ3v) is 6.26. The number of piperidine rings is 1. The lowest BCUT2D eigenvalue weighted by Gasteiger charge is -2.36. The molecule has 168 valence electrons. The van der Waals surface area contributed by atoms with Crippen LogP contribution in [0.4, 0.5) is 16.2 Å². The smallest absolute Gasteiger partial charge is 0.407 e. The maximum atomic E-state index is 11.9. The highest BCUT2D eigenvalue weighted by atomic mass is 16.6. The molecule has 1 aromatic rings. The second kappa shape index (κ2) is 9.93. The summed E-state index contributed by atoms with van der Waals surface area (Å²) in [4.78, 5) is 14.5. The largest absolute Gasteiger partial charge is 0.444 e. The van der Waals surface area contributed by atoms with E-state index in [1.54, 1.807) is 0 Å². The average molecular weight is 416 g/mol. The molecule has 0 radical (unpaired) electrons. The minimum absolute atomic E-state index is 0.240. The Labute approximate surface area is 182 Å². The molecule has 5 heteroatoms. The third kappa shape index (κ3) is 7.10. The Balaban J connectivity index is 1.39. The van der Waals surface area contributed by atoms with E-state index in [1.165, 1.54) is 17.8 Å². The zero-order chi connectivity index (χ0) is 21.7. The molecule has 1 heterocycles. The Morgan fingerprint density at radius 3 is 2.20 bits per heavy atom. The van der Waals surface area contributed by atoms with Gasteiger partial charge < -0.3 is 20.3 Å². The van der Waals surface area contributed by atoms with Gasteiger partial charge in [-0.05, 0) is 94.9 Å². The molecule has 5 nitrogen and oxygen atoms in total. The van der Waals surface area contributed by atoms with Crippen LogP contribution < -0.4 is 15.5 Å². The van der Waals surface area contributed by atoms with Crippen molar-refractivity contribution in [3.63, 3.8) is 0 Å². The van der Waals surface area contributed by atoms with Crippen molar-refractivity contribution in [1.82, 2.24) is 5.32 Å². The van der Waals surface area contributed by atoms with Gasteiger partial charge in [0, 0.05) is 37.1 Å². The minimum atomic E-state index is -0.439. The van der Waals surface area contributed by atoms with E-state index < -0.39 is 5.60 Å². The summed E-state index contributed by atoms with van der Waals surface area (Å²) in [6, 6.07) is 9.19. The number of benzene rings is 1. The van der Waals surface area contributed by atoms with Crippen LogP contribution in [0.5, 0.6) is 0 Å². The molecule has 0 aromatic heterocycles. The molecule has 1 aromatic carbocycles. The van der Waals surface area contributed by atoms with E-state index >= 15 is 0 Å². The molecule has 1 saturated heterocycles. The molecule has 3 rings (SSSR count). The minimum Gasteiger partial charge on any atom is -0.444 e. The van der Waals surface area contributed by atoms with Gasteiger partial charge in [-0.15, -0.1) is 0 Å². The Kier molecular flexibility index (Phi) is 7.54. The van der Waals surface area contributed by atoms with Crippen LogP contribution in [0.2, 0.25) is 0 Å². The van der Waals surface area contributed by atoms with Crippen LogP contribution in [0.25, 0.3) is 0 Å². The normalized spacial score (nSPS) is 27.4. The molecule has 0 spiro atoms. The molecule has 2 atom stereocenters. The molecule has 2 fully saturated rings. The summed E-state index contributed by atoms with van der Waals surface area (Å²) in [5.74, 6) is 2.20. The zero-order valence-electron chi connectivity index (χ0n) is 19.5. The van der Waals surface area contributed by atoms with Gasteiger partial charge in [0.2, 0.25) is 0 Å². The van der Waals surface area contributed by atoms with Gasteiger partial charge in [-0.2, -0.15) is 0 Å². The molecule has 1 saturated carbocycles. The Bertz CT molecular complexity index is 665. The first kappa shape index (κ1) is 22.8. The Hall–Kier alpha value is -1.91. The number of anilines is 2. The van der Waals surface area contributed by atoms with E-state index in [1.807, 2.05) is 20.8 Å². The summed E-state index contributed by atoms with van der Waals surface area (Å²) in [7, 11) is 0. The SMILES string of the molecule is C[C@@H]1C[C@@H](C)CN(c2ccc(NCC3CCC(NC(=O)OC(C)(C)C)CC3)cc2)C1. The number of ether oxygens (including phenoxy) is 1. The summed E-state index contributed by atoms with van der Waals surface area (Å²) in [5, 5.41) is 6.65. The first-order chi connectivity index (χ1) is 14.2. The quantitative estimate of drug-likeness (QED) is 0.651. The fourth-order valence-electron chi connectivity index (χ4n) is 4.91. The highest BCUT2D eigenvalue weighted by molar-refractivity contribution is 5.68. The lowest BCUT2D eigenvalue weighted by Crippen LogP contribution is -2.41. The summed E-state index contributed by atoms with van der Waals surface area (Å²) < 4.78 is 5.37. The van der Waals surface area contributed by atoms with Crippen LogP contribution in [0, 0.1) is 17.8 Å². The van der Waals surface area contributed by atoms with Crippen LogP contribution in [0.15, 0.2) is 24.3 Å². The molecule has 30 heavy (non-hydrogen) atoms. The van der Waals surface area contributed by atoms with Gasteiger partial charge in [-0.25, -0.2) is 4.79 Å². The van der Waals surface area contributed by atoms with Gasteiger partial charge in [-0.1, -0.05) is 13.8 Å². The van der Waals surface area contributed by atoms with Gasteiger partial charge >= 0.3 is 6.09 Å². The van der Waals surface area contributed by atoms with Crippen LogP contribution >= 0.6 is 0 Å². The highest BCUT2D eigenvalue weighted by Gasteiger charge is 2.25. The number of carbonyl (C=O) groups is 1. The molecule has 1 amide bonds. The topological polar surface area (TPSA) is 53.6 Å². The van der Waals surface area contributed by atoms with Crippen molar-refractivity contribution in [3.8, 4) is 0 Å². The molecule has 1 aliphatic heterocycles. The van der Waals surface area contributed by atoms with Crippen molar-refractivity contribution in [2.45, 2.75) is 78.4 Å². The first-order valence-corrected chi connectivity index (χ1v) is 11.8. The molecule has 1 aliphatic carbocycles. The summed E-state index contributed by atoms with van der Waals surface area (Å²) in [6.45, 7) is 13.7. The average Bonchev–Trinajstić information content (AvgIpc) is 2.65. The zero-order valence-corrected chi connectivity index (χ0v) is 19.5. The van der Waals surface area contributed by atoms with Crippen LogP contribution in [0.1, 0.15) is 66.7 Å². The van der Waals surface area contributed by atoms with E-state index in [2.05, 4.69) is 53.6 Å². The van der Waals surface area contributed by atoms with Gasteiger partial charge in [0.05, 0.1) is 0 Å². The highest BCUT2D eigenvalue weighted by Crippen LogP contribution is 2.28. The van der Waals surface area contributed by atoms with Gasteiger partial charge in [0.25, 0.3) is 0 Å².